The molecule has 0 fully saturated rings. The minimum atomic E-state index is -0.387. The SMILES string of the molecule is O=[N+]([O-])c1ccc([Se]c2nc(-c3ccccn3)n3ccccc23)cc1. The van der Waals surface area contributed by atoms with Gasteiger partial charge in [0.25, 0.3) is 0 Å². The minimum absolute atomic E-state index is 0.0608. The summed E-state index contributed by atoms with van der Waals surface area (Å²) in [6.45, 7) is 0. The fraction of sp³-hybridized carbons (Fsp3) is 0. The Morgan fingerprint density at radius 3 is 2.52 bits per heavy atom. The zero-order valence-corrected chi connectivity index (χ0v) is 14.7. The van der Waals surface area contributed by atoms with Crippen LogP contribution in [0.25, 0.3) is 17.0 Å². The second kappa shape index (κ2) is 6.47. The van der Waals surface area contributed by atoms with Gasteiger partial charge in [0.15, 0.2) is 0 Å². The summed E-state index contributed by atoms with van der Waals surface area (Å²) >= 11 is -0.0608. The topological polar surface area (TPSA) is 73.3 Å². The third-order valence-corrected chi connectivity index (χ3v) is 5.77. The Balaban J connectivity index is 1.76. The van der Waals surface area contributed by atoms with E-state index in [-0.39, 0.29) is 25.6 Å². The van der Waals surface area contributed by atoms with Gasteiger partial charge in [-0.05, 0) is 0 Å². The number of rotatable bonds is 4. The van der Waals surface area contributed by atoms with Crippen LogP contribution in [0.5, 0.6) is 0 Å². The number of fused-ring (bicyclic) bond motifs is 1. The summed E-state index contributed by atoms with van der Waals surface area (Å²) in [5.41, 5.74) is 1.94. The number of benzene rings is 1. The average Bonchev–Trinajstić information content (AvgIpc) is 3.02. The maximum atomic E-state index is 10.8. The van der Waals surface area contributed by atoms with Crippen LogP contribution >= 0.6 is 0 Å². The van der Waals surface area contributed by atoms with Crippen LogP contribution in [-0.2, 0) is 0 Å². The standard InChI is InChI=1S/C18H12N4O2Se/c23-22(24)13-7-9-14(10-8-13)25-18-16-6-2-4-12-21(16)17(20-18)15-5-1-3-11-19-15/h1-12H. The van der Waals surface area contributed by atoms with Gasteiger partial charge in [0, 0.05) is 0 Å². The number of non-ortho nitro benzene ring substituents is 1. The van der Waals surface area contributed by atoms with E-state index in [4.69, 9.17) is 4.98 Å². The Kier molecular flexibility index (Phi) is 4.01. The van der Waals surface area contributed by atoms with Gasteiger partial charge >= 0.3 is 149 Å². The molecule has 0 radical (unpaired) electrons. The van der Waals surface area contributed by atoms with Crippen LogP contribution in [0.15, 0.2) is 73.1 Å². The first-order chi connectivity index (χ1) is 12.2. The normalized spacial score (nSPS) is 10.9. The molecule has 0 aliphatic carbocycles. The summed E-state index contributed by atoms with van der Waals surface area (Å²) in [5.74, 6) is 0.801. The summed E-state index contributed by atoms with van der Waals surface area (Å²) < 4.78 is 4.04. The van der Waals surface area contributed by atoms with Gasteiger partial charge in [-0.15, -0.1) is 0 Å². The van der Waals surface area contributed by atoms with Crippen molar-refractivity contribution in [3.63, 3.8) is 0 Å². The number of hydrogen-bond acceptors (Lipinski definition) is 4. The Bertz CT molecular complexity index is 1050. The number of imidazole rings is 1. The molecular weight excluding hydrogens is 383 g/mol. The van der Waals surface area contributed by atoms with Crippen LogP contribution < -0.4 is 9.05 Å². The van der Waals surface area contributed by atoms with Crippen molar-refractivity contribution in [2.75, 3.05) is 0 Å². The number of hydrogen-bond donors (Lipinski definition) is 0. The van der Waals surface area contributed by atoms with Gasteiger partial charge in [-0.2, -0.15) is 0 Å². The maximum absolute atomic E-state index is 10.8. The Morgan fingerprint density at radius 2 is 1.80 bits per heavy atom. The molecule has 0 spiro atoms. The zero-order chi connectivity index (χ0) is 17.2. The van der Waals surface area contributed by atoms with Crippen LogP contribution in [0.1, 0.15) is 0 Å². The molecule has 4 aromatic rings. The van der Waals surface area contributed by atoms with Gasteiger partial charge in [-0.3, -0.25) is 0 Å². The fourth-order valence-electron chi connectivity index (χ4n) is 2.51. The van der Waals surface area contributed by atoms with E-state index < -0.39 is 0 Å². The van der Waals surface area contributed by atoms with E-state index in [1.807, 2.05) is 47.0 Å². The summed E-state index contributed by atoms with van der Waals surface area (Å²) in [7, 11) is 0. The molecule has 1 aromatic carbocycles. The molecule has 7 heteroatoms. The first-order valence-corrected chi connectivity index (χ1v) is 9.24. The van der Waals surface area contributed by atoms with Crippen molar-refractivity contribution in [2.45, 2.75) is 0 Å². The number of aromatic nitrogens is 3. The van der Waals surface area contributed by atoms with Gasteiger partial charge in [0.1, 0.15) is 0 Å². The number of nitro benzene ring substituents is 1. The van der Waals surface area contributed by atoms with Crippen LogP contribution in [0.2, 0.25) is 0 Å². The molecule has 4 rings (SSSR count). The van der Waals surface area contributed by atoms with Crippen molar-refractivity contribution in [3.8, 4) is 11.5 Å². The van der Waals surface area contributed by atoms with Crippen molar-refractivity contribution in [1.29, 1.82) is 0 Å². The van der Waals surface area contributed by atoms with Crippen LogP contribution in [0.4, 0.5) is 5.69 Å². The molecule has 3 aromatic heterocycles. The van der Waals surface area contributed by atoms with Crippen LogP contribution in [-0.4, -0.2) is 34.2 Å². The van der Waals surface area contributed by atoms with Crippen molar-refractivity contribution < 1.29 is 4.92 Å². The summed E-state index contributed by atoms with van der Waals surface area (Å²) in [6, 6.07) is 18.4. The van der Waals surface area contributed by atoms with Gasteiger partial charge in [0.2, 0.25) is 0 Å². The van der Waals surface area contributed by atoms with Crippen molar-refractivity contribution in [3.05, 3.63) is 83.2 Å². The third kappa shape index (κ3) is 3.03. The van der Waals surface area contributed by atoms with Gasteiger partial charge in [-0.1, -0.05) is 0 Å². The Hall–Kier alpha value is -3.02. The molecule has 3 heterocycles. The van der Waals surface area contributed by atoms with E-state index >= 15 is 0 Å². The molecular formula is C18H12N4O2Se. The molecule has 0 saturated carbocycles. The quantitative estimate of drug-likeness (QED) is 0.301. The third-order valence-electron chi connectivity index (χ3n) is 3.67. The summed E-state index contributed by atoms with van der Waals surface area (Å²) in [6.07, 6.45) is 3.72. The second-order valence-electron chi connectivity index (χ2n) is 5.26. The molecule has 0 aliphatic rings. The fourth-order valence-corrected chi connectivity index (χ4v) is 4.39. The summed E-state index contributed by atoms with van der Waals surface area (Å²) in [4.78, 5) is 19.6. The molecule has 0 bridgehead atoms. The van der Waals surface area contributed by atoms with E-state index in [0.29, 0.717) is 0 Å². The average molecular weight is 395 g/mol. The summed E-state index contributed by atoms with van der Waals surface area (Å²) in [5, 5.41) is 10.8. The van der Waals surface area contributed by atoms with Crippen LogP contribution in [0, 0.1) is 10.1 Å². The zero-order valence-electron chi connectivity index (χ0n) is 12.9. The molecule has 122 valence electrons. The van der Waals surface area contributed by atoms with Crippen molar-refractivity contribution in [1.82, 2.24) is 14.4 Å². The monoisotopic (exact) mass is 396 g/mol. The molecule has 0 aliphatic heterocycles. The van der Waals surface area contributed by atoms with E-state index in [1.54, 1.807) is 18.3 Å². The molecule has 0 unspecified atom stereocenters. The van der Waals surface area contributed by atoms with E-state index in [2.05, 4.69) is 4.98 Å². The van der Waals surface area contributed by atoms with E-state index in [0.717, 1.165) is 26.1 Å². The van der Waals surface area contributed by atoms with Crippen LogP contribution in [0.3, 0.4) is 0 Å². The van der Waals surface area contributed by atoms with Gasteiger partial charge < -0.3 is 0 Å². The predicted octanol–water partition coefficient (Wildman–Crippen LogP) is 1.96. The number of pyridine rings is 2. The predicted molar refractivity (Wildman–Crippen MR) is 96.5 cm³/mol. The first kappa shape index (κ1) is 15.5. The Labute approximate surface area is 149 Å². The van der Waals surface area contributed by atoms with E-state index in [1.165, 1.54) is 12.1 Å². The number of nitrogens with zero attached hydrogens (tertiary/aromatic N) is 4. The molecule has 6 nitrogen and oxygen atoms in total. The molecule has 0 atom stereocenters. The van der Waals surface area contributed by atoms with Gasteiger partial charge in [0.05, 0.1) is 0 Å². The molecule has 25 heavy (non-hydrogen) atoms. The van der Waals surface area contributed by atoms with Gasteiger partial charge in [-0.25, -0.2) is 0 Å². The van der Waals surface area contributed by atoms with Crippen molar-refractivity contribution in [2.24, 2.45) is 0 Å². The molecule has 0 N–H and O–H groups in total. The molecule has 0 amide bonds. The van der Waals surface area contributed by atoms with E-state index in [9.17, 15) is 10.1 Å². The molecule has 0 saturated heterocycles. The second-order valence-corrected chi connectivity index (χ2v) is 7.49. The van der Waals surface area contributed by atoms with Crippen molar-refractivity contribution >= 4 is 35.2 Å². The Morgan fingerprint density at radius 1 is 1.00 bits per heavy atom. The number of nitro groups is 1. The first-order valence-electron chi connectivity index (χ1n) is 7.53.